The van der Waals surface area contributed by atoms with Crippen LogP contribution in [0.3, 0.4) is 0 Å². The highest BCUT2D eigenvalue weighted by atomic mass is 16.2. The average molecular weight is 325 g/mol. The molecular formula is C19H23N3O2. The molecule has 0 saturated carbocycles. The Morgan fingerprint density at radius 2 is 1.75 bits per heavy atom. The van der Waals surface area contributed by atoms with Crippen molar-refractivity contribution in [2.45, 2.75) is 25.8 Å². The molecule has 24 heavy (non-hydrogen) atoms. The van der Waals surface area contributed by atoms with Gasteiger partial charge in [0.25, 0.3) is 0 Å². The Labute approximate surface area is 142 Å². The molecule has 1 atom stereocenters. The molecule has 2 rings (SSSR count). The molecule has 0 heterocycles. The molecule has 2 aromatic rings. The Morgan fingerprint density at radius 1 is 1.04 bits per heavy atom. The Balaban J connectivity index is 1.79. The molecule has 4 N–H and O–H groups in total. The van der Waals surface area contributed by atoms with E-state index in [-0.39, 0.29) is 18.4 Å². The summed E-state index contributed by atoms with van der Waals surface area (Å²) in [5, 5.41) is 5.34. The van der Waals surface area contributed by atoms with Crippen LogP contribution < -0.4 is 16.4 Å². The first-order valence-corrected chi connectivity index (χ1v) is 8.04. The minimum Gasteiger partial charge on any atom is -0.346 e. The van der Waals surface area contributed by atoms with Crippen molar-refractivity contribution in [3.63, 3.8) is 0 Å². The van der Waals surface area contributed by atoms with Crippen LogP contribution in [0.5, 0.6) is 0 Å². The predicted octanol–water partition coefficient (Wildman–Crippen LogP) is 1.87. The standard InChI is InChI=1S/C19H23N3O2/c1-2-14-9-6-10-16(11-14)22-18(23)13-21-19(24)17(20)12-15-7-4-3-5-8-15/h3-11,17H,2,12-13,20H2,1H3,(H,21,24)(H,22,23)/t17-/m0/s1. The van der Waals surface area contributed by atoms with Gasteiger partial charge in [-0.15, -0.1) is 0 Å². The quantitative estimate of drug-likeness (QED) is 0.726. The van der Waals surface area contributed by atoms with E-state index in [0.29, 0.717) is 6.42 Å². The number of hydrogen-bond donors (Lipinski definition) is 3. The van der Waals surface area contributed by atoms with Gasteiger partial charge in [0.1, 0.15) is 0 Å². The molecule has 0 bridgehead atoms. The summed E-state index contributed by atoms with van der Waals surface area (Å²) in [6.45, 7) is 1.95. The van der Waals surface area contributed by atoms with Crippen LogP contribution in [-0.4, -0.2) is 24.4 Å². The molecular weight excluding hydrogens is 302 g/mol. The van der Waals surface area contributed by atoms with E-state index in [0.717, 1.165) is 23.2 Å². The van der Waals surface area contributed by atoms with Crippen molar-refractivity contribution in [3.05, 3.63) is 65.7 Å². The minimum absolute atomic E-state index is 0.0995. The summed E-state index contributed by atoms with van der Waals surface area (Å²) in [5.41, 5.74) is 8.73. The van der Waals surface area contributed by atoms with E-state index in [1.54, 1.807) is 0 Å². The molecule has 2 aromatic carbocycles. The van der Waals surface area contributed by atoms with E-state index in [1.165, 1.54) is 0 Å². The summed E-state index contributed by atoms with van der Waals surface area (Å²) in [6.07, 6.45) is 1.33. The number of rotatable bonds is 7. The molecule has 5 nitrogen and oxygen atoms in total. The summed E-state index contributed by atoms with van der Waals surface area (Å²) in [5.74, 6) is -0.611. The van der Waals surface area contributed by atoms with Crippen molar-refractivity contribution < 1.29 is 9.59 Å². The topological polar surface area (TPSA) is 84.2 Å². The molecule has 0 radical (unpaired) electrons. The fraction of sp³-hybridized carbons (Fsp3) is 0.263. The number of hydrogen-bond acceptors (Lipinski definition) is 3. The van der Waals surface area contributed by atoms with Crippen LogP contribution in [0.1, 0.15) is 18.1 Å². The Bertz CT molecular complexity index is 686. The lowest BCUT2D eigenvalue weighted by Crippen LogP contribution is -2.44. The van der Waals surface area contributed by atoms with Gasteiger partial charge in [0.15, 0.2) is 0 Å². The largest absolute Gasteiger partial charge is 0.346 e. The molecule has 0 fully saturated rings. The first-order chi connectivity index (χ1) is 11.6. The van der Waals surface area contributed by atoms with Crippen LogP contribution >= 0.6 is 0 Å². The van der Waals surface area contributed by atoms with Crippen molar-refractivity contribution in [3.8, 4) is 0 Å². The van der Waals surface area contributed by atoms with Crippen LogP contribution in [0.2, 0.25) is 0 Å². The lowest BCUT2D eigenvalue weighted by atomic mass is 10.1. The summed E-state index contributed by atoms with van der Waals surface area (Å²) in [6, 6.07) is 16.5. The van der Waals surface area contributed by atoms with Crippen LogP contribution in [0.4, 0.5) is 5.69 Å². The minimum atomic E-state index is -0.677. The van der Waals surface area contributed by atoms with Gasteiger partial charge in [0, 0.05) is 5.69 Å². The highest BCUT2D eigenvalue weighted by Gasteiger charge is 2.15. The lowest BCUT2D eigenvalue weighted by Gasteiger charge is -2.12. The summed E-state index contributed by atoms with van der Waals surface area (Å²) < 4.78 is 0. The first kappa shape index (κ1) is 17.7. The zero-order valence-electron chi connectivity index (χ0n) is 13.8. The average Bonchev–Trinajstić information content (AvgIpc) is 2.60. The van der Waals surface area contributed by atoms with Crippen LogP contribution in [0.25, 0.3) is 0 Å². The molecule has 126 valence electrons. The van der Waals surface area contributed by atoms with E-state index in [4.69, 9.17) is 5.73 Å². The van der Waals surface area contributed by atoms with Crippen LogP contribution in [0.15, 0.2) is 54.6 Å². The van der Waals surface area contributed by atoms with Gasteiger partial charge in [0.05, 0.1) is 12.6 Å². The molecule has 5 heteroatoms. The maximum Gasteiger partial charge on any atom is 0.243 e. The number of aryl methyl sites for hydroxylation is 1. The van der Waals surface area contributed by atoms with Crippen molar-refractivity contribution in [2.24, 2.45) is 5.73 Å². The van der Waals surface area contributed by atoms with Crippen LogP contribution in [-0.2, 0) is 22.4 Å². The van der Waals surface area contributed by atoms with Crippen LogP contribution in [0, 0.1) is 0 Å². The number of benzene rings is 2. The zero-order valence-corrected chi connectivity index (χ0v) is 13.8. The Kier molecular flexibility index (Phi) is 6.51. The number of carbonyl (C=O) groups excluding carboxylic acids is 2. The fourth-order valence-corrected chi connectivity index (χ4v) is 2.33. The van der Waals surface area contributed by atoms with Gasteiger partial charge >= 0.3 is 0 Å². The summed E-state index contributed by atoms with van der Waals surface area (Å²) >= 11 is 0. The molecule has 0 aliphatic heterocycles. The predicted molar refractivity (Wildman–Crippen MR) is 95.6 cm³/mol. The maximum absolute atomic E-state index is 12.0. The van der Waals surface area contributed by atoms with E-state index < -0.39 is 6.04 Å². The number of anilines is 1. The Morgan fingerprint density at radius 3 is 2.46 bits per heavy atom. The molecule has 0 aliphatic rings. The third-order valence-corrected chi connectivity index (χ3v) is 3.68. The molecule has 0 unspecified atom stereocenters. The van der Waals surface area contributed by atoms with Crippen molar-refractivity contribution in [1.82, 2.24) is 5.32 Å². The van der Waals surface area contributed by atoms with Gasteiger partial charge < -0.3 is 16.4 Å². The molecule has 2 amide bonds. The highest BCUT2D eigenvalue weighted by Crippen LogP contribution is 2.10. The van der Waals surface area contributed by atoms with Gasteiger partial charge in [-0.1, -0.05) is 49.4 Å². The SMILES string of the molecule is CCc1cccc(NC(=O)CNC(=O)[C@@H](N)Cc2ccccc2)c1. The third kappa shape index (κ3) is 5.52. The second kappa shape index (κ2) is 8.84. The van der Waals surface area contributed by atoms with Gasteiger partial charge in [-0.05, 0) is 36.1 Å². The normalized spacial score (nSPS) is 11.6. The third-order valence-electron chi connectivity index (χ3n) is 3.68. The summed E-state index contributed by atoms with van der Waals surface area (Å²) in [4.78, 5) is 23.9. The van der Waals surface area contributed by atoms with E-state index in [2.05, 4.69) is 17.6 Å². The van der Waals surface area contributed by atoms with E-state index in [1.807, 2.05) is 54.6 Å². The highest BCUT2D eigenvalue weighted by molar-refractivity contribution is 5.95. The van der Waals surface area contributed by atoms with Gasteiger partial charge in [-0.25, -0.2) is 0 Å². The van der Waals surface area contributed by atoms with Gasteiger partial charge in [0.2, 0.25) is 11.8 Å². The van der Waals surface area contributed by atoms with Crippen molar-refractivity contribution in [1.29, 1.82) is 0 Å². The number of nitrogens with two attached hydrogens (primary N) is 1. The summed E-state index contributed by atoms with van der Waals surface area (Å²) in [7, 11) is 0. The van der Waals surface area contributed by atoms with Crippen molar-refractivity contribution >= 4 is 17.5 Å². The number of carbonyl (C=O) groups is 2. The fourth-order valence-electron chi connectivity index (χ4n) is 2.33. The zero-order chi connectivity index (χ0) is 17.4. The number of nitrogens with one attached hydrogen (secondary N) is 2. The van der Waals surface area contributed by atoms with Crippen molar-refractivity contribution in [2.75, 3.05) is 11.9 Å². The lowest BCUT2D eigenvalue weighted by molar-refractivity contribution is -0.125. The Hall–Kier alpha value is -2.66. The smallest absolute Gasteiger partial charge is 0.243 e. The maximum atomic E-state index is 12.0. The molecule has 0 spiro atoms. The van der Waals surface area contributed by atoms with E-state index in [9.17, 15) is 9.59 Å². The molecule has 0 saturated heterocycles. The molecule has 0 aromatic heterocycles. The first-order valence-electron chi connectivity index (χ1n) is 8.04. The number of amides is 2. The van der Waals surface area contributed by atoms with E-state index >= 15 is 0 Å². The monoisotopic (exact) mass is 325 g/mol. The van der Waals surface area contributed by atoms with Gasteiger partial charge in [-0.3, -0.25) is 9.59 Å². The van der Waals surface area contributed by atoms with Gasteiger partial charge in [-0.2, -0.15) is 0 Å². The second-order valence-corrected chi connectivity index (χ2v) is 5.62. The second-order valence-electron chi connectivity index (χ2n) is 5.62. The molecule has 0 aliphatic carbocycles.